The molecule has 0 radical (unpaired) electrons. The van der Waals surface area contributed by atoms with E-state index >= 15 is 0 Å². The molecule has 0 aromatic carbocycles. The van der Waals surface area contributed by atoms with E-state index in [1.807, 2.05) is 0 Å². The molecular weight excluding hydrogens is 404 g/mol. The summed E-state index contributed by atoms with van der Waals surface area (Å²) in [6, 6.07) is 0. The lowest BCUT2D eigenvalue weighted by molar-refractivity contribution is -0.275. The second kappa shape index (κ2) is 7.15. The summed E-state index contributed by atoms with van der Waals surface area (Å²) in [4.78, 5) is -5.51. The first-order valence-corrected chi connectivity index (χ1v) is 5.59. The monoisotopic (exact) mass is 404 g/mol. The first-order valence-electron chi connectivity index (χ1n) is 3.84. The van der Waals surface area contributed by atoms with Gasteiger partial charge in [0.1, 0.15) is 0 Å². The fourth-order valence-electron chi connectivity index (χ4n) is 0.247. The molecule has 0 nitrogen and oxygen atoms in total. The van der Waals surface area contributed by atoms with Crippen LogP contribution in [0.2, 0.25) is 0 Å². The van der Waals surface area contributed by atoms with Gasteiger partial charge in [-0.2, -0.15) is 43.9 Å². The highest BCUT2D eigenvalue weighted by atomic mass is 35.5. The van der Waals surface area contributed by atoms with Gasteiger partial charge in [-0.3, -0.25) is 0 Å². The number of hydrogen-bond acceptors (Lipinski definition) is 0. The number of alkyl halides is 14. The molecule has 14 heteroatoms. The summed E-state index contributed by atoms with van der Waals surface area (Å²) in [6.45, 7) is 0. The maximum Gasteiger partial charge on any atom is 0.456 e. The molecule has 0 aliphatic carbocycles. The lowest BCUT2D eigenvalue weighted by Crippen LogP contribution is -2.41. The Morgan fingerprint density at radius 2 is 0.600 bits per heavy atom. The third-order valence-electron chi connectivity index (χ3n) is 1.30. The van der Waals surface area contributed by atoms with Crippen molar-refractivity contribution in [2.45, 2.75) is 33.9 Å². The maximum atomic E-state index is 11.7. The summed E-state index contributed by atoms with van der Waals surface area (Å²) in [6.07, 6.45) is -11.4. The molecule has 0 unspecified atom stereocenters. The van der Waals surface area contributed by atoms with Crippen molar-refractivity contribution in [2.75, 3.05) is 0 Å². The highest BCUT2D eigenvalue weighted by Gasteiger charge is 2.62. The highest BCUT2D eigenvalue weighted by molar-refractivity contribution is 6.45. The topological polar surface area (TPSA) is 0 Å². The highest BCUT2D eigenvalue weighted by Crippen LogP contribution is 2.42. The van der Waals surface area contributed by atoms with Crippen LogP contribution in [0.3, 0.4) is 0 Å². The molecule has 0 bridgehead atoms. The van der Waals surface area contributed by atoms with Crippen molar-refractivity contribution < 1.29 is 43.9 Å². The van der Waals surface area contributed by atoms with E-state index in [9.17, 15) is 43.9 Å². The quantitative estimate of drug-likeness (QED) is 0.392. The molecule has 0 aliphatic heterocycles. The van der Waals surface area contributed by atoms with Crippen LogP contribution < -0.4 is 0 Å². The van der Waals surface area contributed by atoms with E-state index < -0.39 is 33.9 Å². The van der Waals surface area contributed by atoms with Gasteiger partial charge in [-0.25, -0.2) is 0 Å². The van der Waals surface area contributed by atoms with E-state index in [1.54, 1.807) is 0 Å². The molecule has 0 spiro atoms. The van der Waals surface area contributed by atoms with E-state index in [2.05, 4.69) is 46.4 Å². The molecule has 0 N–H and O–H groups in total. The standard InChI is InChI=1S/2C3HCl2F5/c2*4-1(5)2(6,7)3(8,9)10/h2*1H. The molecule has 0 atom stereocenters. The molecule has 0 saturated heterocycles. The van der Waals surface area contributed by atoms with E-state index in [0.29, 0.717) is 0 Å². The van der Waals surface area contributed by atoms with Crippen LogP contribution >= 0.6 is 46.4 Å². The average molecular weight is 406 g/mol. The van der Waals surface area contributed by atoms with Gasteiger partial charge in [-0.05, 0) is 0 Å². The lowest BCUT2D eigenvalue weighted by Gasteiger charge is -2.19. The fourth-order valence-corrected chi connectivity index (χ4v) is 0.742. The Morgan fingerprint density at radius 3 is 0.600 bits per heavy atom. The zero-order chi connectivity index (χ0) is 17.2. The van der Waals surface area contributed by atoms with E-state index in [0.717, 1.165) is 0 Å². The molecule has 0 aromatic heterocycles. The summed E-state index contributed by atoms with van der Waals surface area (Å²) in [7, 11) is 0. The summed E-state index contributed by atoms with van der Waals surface area (Å²) >= 11 is 17.4. The zero-order valence-corrected chi connectivity index (χ0v) is 11.5. The summed E-state index contributed by atoms with van der Waals surface area (Å²) in [5, 5.41) is 0. The Balaban J connectivity index is 0. The average Bonchev–Trinajstić information content (AvgIpc) is 2.14. The maximum absolute atomic E-state index is 11.7. The Kier molecular flexibility index (Phi) is 8.13. The summed E-state index contributed by atoms with van der Waals surface area (Å²) in [5.74, 6) is -10.1. The summed E-state index contributed by atoms with van der Waals surface area (Å²) in [5.41, 5.74) is 0. The SMILES string of the molecule is FC(F)(F)C(F)(F)C(Cl)Cl.FC(F)(F)C(F)(F)C(Cl)Cl. The normalized spacial score (nSPS) is 14.4. The number of rotatable bonds is 2. The Bertz CT molecular complexity index is 263. The van der Waals surface area contributed by atoms with Crippen LogP contribution in [-0.2, 0) is 0 Å². The fraction of sp³-hybridized carbons (Fsp3) is 1.00. The second-order valence-electron chi connectivity index (χ2n) is 2.84. The third-order valence-corrected chi connectivity index (χ3v) is 2.40. The molecule has 0 aliphatic rings. The van der Waals surface area contributed by atoms with Crippen molar-refractivity contribution in [3.05, 3.63) is 0 Å². The predicted octanol–water partition coefficient (Wildman–Crippen LogP) is 5.98. The molecule has 0 saturated carbocycles. The first kappa shape index (κ1) is 22.7. The van der Waals surface area contributed by atoms with Crippen molar-refractivity contribution in [1.82, 2.24) is 0 Å². The third kappa shape index (κ3) is 6.07. The number of halogens is 14. The van der Waals surface area contributed by atoms with Crippen LogP contribution in [0, 0.1) is 0 Å². The van der Waals surface area contributed by atoms with Gasteiger partial charge in [-0.1, -0.05) is 46.4 Å². The molecule has 20 heavy (non-hydrogen) atoms. The first-order chi connectivity index (χ1) is 8.39. The van der Waals surface area contributed by atoms with Gasteiger partial charge >= 0.3 is 24.2 Å². The van der Waals surface area contributed by atoms with Gasteiger partial charge in [0.25, 0.3) is 0 Å². The van der Waals surface area contributed by atoms with Crippen molar-refractivity contribution in [3.8, 4) is 0 Å². The van der Waals surface area contributed by atoms with Crippen LogP contribution in [0.25, 0.3) is 0 Å². The van der Waals surface area contributed by atoms with E-state index in [4.69, 9.17) is 0 Å². The zero-order valence-electron chi connectivity index (χ0n) is 8.45. The molecule has 124 valence electrons. The second-order valence-corrected chi connectivity index (χ2v) is 5.04. The van der Waals surface area contributed by atoms with Crippen LogP contribution in [0.15, 0.2) is 0 Å². The summed E-state index contributed by atoms with van der Waals surface area (Å²) < 4.78 is 114. The minimum absolute atomic E-state index is 2.76. The van der Waals surface area contributed by atoms with Crippen LogP contribution in [0.5, 0.6) is 0 Å². The van der Waals surface area contributed by atoms with Crippen molar-refractivity contribution in [1.29, 1.82) is 0 Å². The largest absolute Gasteiger partial charge is 0.456 e. The van der Waals surface area contributed by atoms with Crippen LogP contribution in [0.4, 0.5) is 43.9 Å². The predicted molar refractivity (Wildman–Crippen MR) is 53.0 cm³/mol. The van der Waals surface area contributed by atoms with E-state index in [1.165, 1.54) is 0 Å². The lowest BCUT2D eigenvalue weighted by atomic mass is 10.4. The van der Waals surface area contributed by atoms with Crippen molar-refractivity contribution >= 4 is 46.4 Å². The van der Waals surface area contributed by atoms with Gasteiger partial charge in [0, 0.05) is 0 Å². The Morgan fingerprint density at radius 1 is 0.450 bits per heavy atom. The Hall–Kier alpha value is 0.460. The molecule has 0 amide bonds. The molecule has 0 aromatic rings. The Labute approximate surface area is 124 Å². The molecule has 0 heterocycles. The molecule has 0 rings (SSSR count). The minimum atomic E-state index is -5.68. The van der Waals surface area contributed by atoms with Crippen molar-refractivity contribution in [2.24, 2.45) is 0 Å². The van der Waals surface area contributed by atoms with Crippen LogP contribution in [-0.4, -0.2) is 33.9 Å². The van der Waals surface area contributed by atoms with Gasteiger partial charge in [0.2, 0.25) is 0 Å². The van der Waals surface area contributed by atoms with Gasteiger partial charge < -0.3 is 0 Å². The molecular formula is C6H2Cl4F10. The van der Waals surface area contributed by atoms with Crippen molar-refractivity contribution in [3.63, 3.8) is 0 Å². The van der Waals surface area contributed by atoms with E-state index in [-0.39, 0.29) is 0 Å². The van der Waals surface area contributed by atoms with Gasteiger partial charge in [-0.15, -0.1) is 0 Å². The molecule has 0 fully saturated rings. The smallest absolute Gasteiger partial charge is 0.193 e. The van der Waals surface area contributed by atoms with Crippen LogP contribution in [0.1, 0.15) is 0 Å². The minimum Gasteiger partial charge on any atom is -0.193 e. The van der Waals surface area contributed by atoms with Gasteiger partial charge in [0.05, 0.1) is 0 Å². The van der Waals surface area contributed by atoms with Gasteiger partial charge in [0.15, 0.2) is 9.67 Å². The number of hydrogen-bond donors (Lipinski definition) is 0.